The predicted molar refractivity (Wildman–Crippen MR) is 30.9 cm³/mol. The maximum absolute atomic E-state index is 4.92. The van der Waals surface area contributed by atoms with Crippen LogP contribution in [0.3, 0.4) is 0 Å². The Morgan fingerprint density at radius 3 is 3.00 bits per heavy atom. The van der Waals surface area contributed by atoms with E-state index in [1.165, 1.54) is 0 Å². The Morgan fingerprint density at radius 1 is 1.75 bits per heavy atom. The van der Waals surface area contributed by atoms with Crippen molar-refractivity contribution < 1.29 is 4.74 Å². The van der Waals surface area contributed by atoms with Crippen LogP contribution in [0, 0.1) is 6.08 Å². The normalized spacial score (nSPS) is 25.4. The molecular weight excluding hydrogens is 102 g/mol. The van der Waals surface area contributed by atoms with Gasteiger partial charge in [-0.1, -0.05) is 6.08 Å². The van der Waals surface area contributed by atoms with Gasteiger partial charge in [0.05, 0.1) is 0 Å². The third-order valence-corrected chi connectivity index (χ3v) is 0.952. The summed E-state index contributed by atoms with van der Waals surface area (Å²) in [5.74, 6) is 0. The summed E-state index contributed by atoms with van der Waals surface area (Å²) in [5, 5.41) is 2.92. The minimum atomic E-state index is 0.0382. The Balaban J connectivity index is 2.40. The Bertz CT molecular complexity index is 118. The van der Waals surface area contributed by atoms with Gasteiger partial charge in [-0.05, 0) is 12.2 Å². The van der Waals surface area contributed by atoms with Gasteiger partial charge in [0.2, 0.25) is 0 Å². The van der Waals surface area contributed by atoms with Gasteiger partial charge in [0.1, 0.15) is 6.23 Å². The van der Waals surface area contributed by atoms with Crippen LogP contribution < -0.4 is 5.32 Å². The number of dihydropyridines is 1. The quantitative estimate of drug-likeness (QED) is 0.528. The molecule has 0 fully saturated rings. The van der Waals surface area contributed by atoms with E-state index in [0.717, 1.165) is 0 Å². The smallest absolute Gasteiger partial charge is 0.146 e. The van der Waals surface area contributed by atoms with Crippen molar-refractivity contribution in [2.75, 3.05) is 7.11 Å². The second-order valence-electron chi connectivity index (χ2n) is 1.49. The second kappa shape index (κ2) is 2.52. The van der Waals surface area contributed by atoms with Crippen LogP contribution in [-0.2, 0) is 4.74 Å². The van der Waals surface area contributed by atoms with E-state index in [4.69, 9.17) is 4.74 Å². The average Bonchev–Trinajstić information content (AvgIpc) is 1.90. The lowest BCUT2D eigenvalue weighted by Gasteiger charge is -2.11. The van der Waals surface area contributed by atoms with Crippen molar-refractivity contribution in [3.8, 4) is 0 Å². The van der Waals surface area contributed by atoms with Gasteiger partial charge in [-0.25, -0.2) is 0 Å². The van der Waals surface area contributed by atoms with E-state index in [-0.39, 0.29) is 6.23 Å². The predicted octanol–water partition coefficient (Wildman–Crippen LogP) is 0.435. The molecule has 0 saturated heterocycles. The number of nitrogens with one attached hydrogen (secondary N) is 1. The van der Waals surface area contributed by atoms with Gasteiger partial charge in [0, 0.05) is 13.3 Å². The fourth-order valence-electron chi connectivity index (χ4n) is 0.523. The first-order valence-corrected chi connectivity index (χ1v) is 2.47. The highest BCUT2D eigenvalue weighted by Crippen LogP contribution is 1.91. The Morgan fingerprint density at radius 2 is 2.62 bits per heavy atom. The molecule has 0 aromatic rings. The molecule has 0 bridgehead atoms. The van der Waals surface area contributed by atoms with Gasteiger partial charge in [0.25, 0.3) is 0 Å². The zero-order valence-electron chi connectivity index (χ0n) is 4.72. The van der Waals surface area contributed by atoms with Crippen LogP contribution in [0.2, 0.25) is 0 Å². The summed E-state index contributed by atoms with van der Waals surface area (Å²) in [4.78, 5) is 0. The average molecular weight is 110 g/mol. The molecule has 1 radical (unpaired) electrons. The van der Waals surface area contributed by atoms with Crippen LogP contribution in [0.15, 0.2) is 18.4 Å². The van der Waals surface area contributed by atoms with E-state index >= 15 is 0 Å². The highest BCUT2D eigenvalue weighted by molar-refractivity contribution is 5.03. The van der Waals surface area contributed by atoms with Crippen molar-refractivity contribution in [2.45, 2.75) is 6.23 Å². The molecule has 1 rings (SSSR count). The number of methoxy groups -OCH3 is 1. The molecule has 8 heavy (non-hydrogen) atoms. The number of allylic oxidation sites excluding steroid dienone is 2. The van der Waals surface area contributed by atoms with Crippen molar-refractivity contribution in [1.29, 1.82) is 0 Å². The first-order chi connectivity index (χ1) is 3.93. The minimum Gasteiger partial charge on any atom is -0.362 e. The highest BCUT2D eigenvalue weighted by atomic mass is 16.5. The van der Waals surface area contributed by atoms with Crippen molar-refractivity contribution in [3.05, 3.63) is 24.4 Å². The Labute approximate surface area is 48.8 Å². The molecule has 2 heteroatoms. The van der Waals surface area contributed by atoms with Crippen LogP contribution in [0.1, 0.15) is 0 Å². The summed E-state index contributed by atoms with van der Waals surface area (Å²) in [6.07, 6.45) is 8.33. The zero-order chi connectivity index (χ0) is 5.82. The van der Waals surface area contributed by atoms with Gasteiger partial charge in [-0.2, -0.15) is 0 Å². The summed E-state index contributed by atoms with van der Waals surface area (Å²) in [5.41, 5.74) is 0. The third kappa shape index (κ3) is 1.10. The van der Waals surface area contributed by atoms with Crippen LogP contribution in [0.4, 0.5) is 0 Å². The summed E-state index contributed by atoms with van der Waals surface area (Å²) in [6, 6.07) is 0. The molecular formula is C6H8NO. The lowest BCUT2D eigenvalue weighted by atomic mass is 10.4. The third-order valence-electron chi connectivity index (χ3n) is 0.952. The number of hydrogen-bond acceptors (Lipinski definition) is 2. The molecule has 0 aromatic heterocycles. The van der Waals surface area contributed by atoms with E-state index in [2.05, 4.69) is 11.4 Å². The summed E-state index contributed by atoms with van der Waals surface area (Å²) >= 11 is 0. The van der Waals surface area contributed by atoms with Gasteiger partial charge in [-0.15, -0.1) is 0 Å². The SMILES string of the molecule is CO[C@H]1C=C[C]=CN1. The highest BCUT2D eigenvalue weighted by Gasteiger charge is 1.97. The molecule has 0 saturated carbocycles. The van der Waals surface area contributed by atoms with Crippen LogP contribution >= 0.6 is 0 Å². The molecule has 0 aliphatic carbocycles. The van der Waals surface area contributed by atoms with Crippen LogP contribution in [-0.4, -0.2) is 13.3 Å². The van der Waals surface area contributed by atoms with Gasteiger partial charge >= 0.3 is 0 Å². The molecule has 43 valence electrons. The van der Waals surface area contributed by atoms with Gasteiger partial charge < -0.3 is 10.1 Å². The molecule has 1 aliphatic heterocycles. The molecule has 2 nitrogen and oxygen atoms in total. The van der Waals surface area contributed by atoms with Crippen LogP contribution in [0.5, 0.6) is 0 Å². The first-order valence-electron chi connectivity index (χ1n) is 2.47. The zero-order valence-corrected chi connectivity index (χ0v) is 4.72. The van der Waals surface area contributed by atoms with E-state index in [1.807, 2.05) is 12.2 Å². The summed E-state index contributed by atoms with van der Waals surface area (Å²) in [6.45, 7) is 0. The molecule has 1 heterocycles. The van der Waals surface area contributed by atoms with Gasteiger partial charge in [0.15, 0.2) is 0 Å². The lowest BCUT2D eigenvalue weighted by Crippen LogP contribution is -2.24. The summed E-state index contributed by atoms with van der Waals surface area (Å²) < 4.78 is 4.92. The van der Waals surface area contributed by atoms with E-state index in [0.29, 0.717) is 0 Å². The van der Waals surface area contributed by atoms with E-state index in [1.54, 1.807) is 13.3 Å². The minimum absolute atomic E-state index is 0.0382. The molecule has 0 amide bonds. The molecule has 1 N–H and O–H groups in total. The van der Waals surface area contributed by atoms with Crippen molar-refractivity contribution in [3.63, 3.8) is 0 Å². The van der Waals surface area contributed by atoms with Crippen molar-refractivity contribution in [2.24, 2.45) is 0 Å². The maximum Gasteiger partial charge on any atom is 0.146 e. The fraction of sp³-hybridized carbons (Fsp3) is 0.333. The van der Waals surface area contributed by atoms with E-state index in [9.17, 15) is 0 Å². The maximum atomic E-state index is 4.92. The monoisotopic (exact) mass is 110 g/mol. The molecule has 0 aromatic carbocycles. The number of hydrogen-bond donors (Lipinski definition) is 1. The van der Waals surface area contributed by atoms with Crippen molar-refractivity contribution >= 4 is 0 Å². The molecule has 0 spiro atoms. The second-order valence-corrected chi connectivity index (χ2v) is 1.49. The number of rotatable bonds is 1. The molecule has 0 unspecified atom stereocenters. The first kappa shape index (κ1) is 5.38. The largest absolute Gasteiger partial charge is 0.362 e. The van der Waals surface area contributed by atoms with Crippen LogP contribution in [0.25, 0.3) is 0 Å². The Hall–Kier alpha value is -0.760. The molecule has 1 atom stereocenters. The fourth-order valence-corrected chi connectivity index (χ4v) is 0.523. The number of ether oxygens (including phenoxy) is 1. The lowest BCUT2D eigenvalue weighted by molar-refractivity contribution is 0.123. The van der Waals surface area contributed by atoms with E-state index < -0.39 is 0 Å². The Kier molecular flexibility index (Phi) is 1.70. The van der Waals surface area contributed by atoms with Crippen molar-refractivity contribution in [1.82, 2.24) is 5.32 Å². The summed E-state index contributed by atoms with van der Waals surface area (Å²) in [7, 11) is 1.65. The standard InChI is InChI=1S/C6H8NO/c1-8-6-4-2-3-5-7-6/h2,4-7H,1H3/t6-/m0/s1. The topological polar surface area (TPSA) is 21.3 Å². The molecule has 1 aliphatic rings. The van der Waals surface area contributed by atoms with Gasteiger partial charge in [-0.3, -0.25) is 0 Å².